The van der Waals surface area contributed by atoms with Crippen LogP contribution in [-0.4, -0.2) is 0 Å². The van der Waals surface area contributed by atoms with Crippen molar-refractivity contribution >= 4 is 5.69 Å². The van der Waals surface area contributed by atoms with Crippen LogP contribution in [0, 0.1) is 34.3 Å². The predicted octanol–water partition coefficient (Wildman–Crippen LogP) is 3.32. The van der Waals surface area contributed by atoms with Gasteiger partial charge in [-0.25, -0.2) is 8.78 Å². The van der Waals surface area contributed by atoms with Crippen LogP contribution in [0.25, 0.3) is 0 Å². The Morgan fingerprint density at radius 2 is 1.70 bits per heavy atom. The van der Waals surface area contributed by atoms with Gasteiger partial charge in [0.15, 0.2) is 0 Å². The van der Waals surface area contributed by atoms with Gasteiger partial charge >= 0.3 is 0 Å². The third kappa shape index (κ3) is 3.09. The molecule has 0 radical (unpaired) electrons. The third-order valence-electron chi connectivity index (χ3n) is 2.67. The number of nitrogens with zero attached hydrogens (tertiary/aromatic N) is 2. The standard InChI is InChI=1S/C15H9F2N3/c16-13-4-11(8-19)3-12(5-13)9-20-15-2-1-10(7-18)6-14(15)17/h1-6,20H,9H2. The number of nitrogens with one attached hydrogen (secondary N) is 1. The molecule has 0 spiro atoms. The molecule has 0 aliphatic carbocycles. The number of hydrogen-bond donors (Lipinski definition) is 1. The Bertz CT molecular complexity index is 727. The van der Waals surface area contributed by atoms with Gasteiger partial charge in [0.25, 0.3) is 0 Å². The highest BCUT2D eigenvalue weighted by atomic mass is 19.1. The first kappa shape index (κ1) is 13.5. The third-order valence-corrected chi connectivity index (χ3v) is 2.67. The molecule has 0 amide bonds. The summed E-state index contributed by atoms with van der Waals surface area (Å²) in [4.78, 5) is 0. The van der Waals surface area contributed by atoms with Crippen molar-refractivity contribution in [3.8, 4) is 12.1 Å². The average molecular weight is 269 g/mol. The Morgan fingerprint density at radius 3 is 2.35 bits per heavy atom. The maximum Gasteiger partial charge on any atom is 0.147 e. The van der Waals surface area contributed by atoms with Gasteiger partial charge in [0, 0.05) is 6.54 Å². The largest absolute Gasteiger partial charge is 0.379 e. The molecular weight excluding hydrogens is 260 g/mol. The van der Waals surface area contributed by atoms with Crippen LogP contribution in [-0.2, 0) is 6.54 Å². The SMILES string of the molecule is N#Cc1cc(F)cc(CNc2ccc(C#N)cc2F)c1. The van der Waals surface area contributed by atoms with Crippen LogP contribution >= 0.6 is 0 Å². The minimum atomic E-state index is -0.555. The van der Waals surface area contributed by atoms with Gasteiger partial charge in [0.05, 0.1) is 29.0 Å². The molecule has 98 valence electrons. The van der Waals surface area contributed by atoms with Crippen molar-refractivity contribution in [2.24, 2.45) is 0 Å². The molecule has 20 heavy (non-hydrogen) atoms. The van der Waals surface area contributed by atoms with E-state index in [-0.39, 0.29) is 23.4 Å². The number of nitriles is 2. The molecule has 0 heterocycles. The van der Waals surface area contributed by atoms with Crippen molar-refractivity contribution in [3.63, 3.8) is 0 Å². The molecule has 0 aromatic heterocycles. The Morgan fingerprint density at radius 1 is 0.950 bits per heavy atom. The van der Waals surface area contributed by atoms with Crippen LogP contribution in [0.4, 0.5) is 14.5 Å². The normalized spacial score (nSPS) is 9.60. The predicted molar refractivity (Wildman–Crippen MR) is 69.6 cm³/mol. The van der Waals surface area contributed by atoms with Crippen LogP contribution in [0.15, 0.2) is 36.4 Å². The van der Waals surface area contributed by atoms with Crippen molar-refractivity contribution in [2.45, 2.75) is 6.54 Å². The lowest BCUT2D eigenvalue weighted by molar-refractivity contribution is 0.624. The summed E-state index contributed by atoms with van der Waals surface area (Å²) in [5.74, 6) is -1.07. The number of rotatable bonds is 3. The van der Waals surface area contributed by atoms with Gasteiger partial charge in [-0.2, -0.15) is 10.5 Å². The molecule has 5 heteroatoms. The zero-order valence-electron chi connectivity index (χ0n) is 10.3. The van der Waals surface area contributed by atoms with Crippen molar-refractivity contribution in [1.82, 2.24) is 0 Å². The number of anilines is 1. The molecule has 0 atom stereocenters. The fourth-order valence-electron chi connectivity index (χ4n) is 1.74. The van der Waals surface area contributed by atoms with E-state index in [2.05, 4.69) is 5.32 Å². The van der Waals surface area contributed by atoms with E-state index in [0.29, 0.717) is 5.56 Å². The Hall–Kier alpha value is -2.92. The summed E-state index contributed by atoms with van der Waals surface area (Å²) in [7, 11) is 0. The highest BCUT2D eigenvalue weighted by molar-refractivity contribution is 5.49. The molecule has 0 saturated carbocycles. The van der Waals surface area contributed by atoms with Crippen LogP contribution in [0.1, 0.15) is 16.7 Å². The van der Waals surface area contributed by atoms with Gasteiger partial charge in [0.2, 0.25) is 0 Å². The molecule has 2 rings (SSSR count). The molecule has 0 bridgehead atoms. The van der Waals surface area contributed by atoms with Gasteiger partial charge in [0.1, 0.15) is 11.6 Å². The lowest BCUT2D eigenvalue weighted by atomic mass is 10.1. The zero-order valence-corrected chi connectivity index (χ0v) is 10.3. The van der Waals surface area contributed by atoms with E-state index in [4.69, 9.17) is 10.5 Å². The lowest BCUT2D eigenvalue weighted by Gasteiger charge is -2.08. The van der Waals surface area contributed by atoms with Gasteiger partial charge in [-0.15, -0.1) is 0 Å². The van der Waals surface area contributed by atoms with Gasteiger partial charge in [-0.3, -0.25) is 0 Å². The molecule has 0 aliphatic rings. The second-order valence-electron chi connectivity index (χ2n) is 4.12. The van der Waals surface area contributed by atoms with E-state index in [9.17, 15) is 8.78 Å². The van der Waals surface area contributed by atoms with Crippen molar-refractivity contribution in [1.29, 1.82) is 10.5 Å². The fourth-order valence-corrected chi connectivity index (χ4v) is 1.74. The zero-order chi connectivity index (χ0) is 14.5. The Kier molecular flexibility index (Phi) is 3.93. The minimum absolute atomic E-state index is 0.176. The highest BCUT2D eigenvalue weighted by Crippen LogP contribution is 2.17. The number of benzene rings is 2. The first-order valence-electron chi connectivity index (χ1n) is 5.75. The van der Waals surface area contributed by atoms with Gasteiger partial charge in [-0.05, 0) is 42.0 Å². The van der Waals surface area contributed by atoms with Crippen LogP contribution in [0.2, 0.25) is 0 Å². The molecular formula is C15H9F2N3. The number of hydrogen-bond acceptors (Lipinski definition) is 3. The first-order valence-corrected chi connectivity index (χ1v) is 5.75. The van der Waals surface area contributed by atoms with Crippen molar-refractivity contribution in [2.75, 3.05) is 5.32 Å². The molecule has 3 nitrogen and oxygen atoms in total. The van der Waals surface area contributed by atoms with Gasteiger partial charge < -0.3 is 5.32 Å². The fraction of sp³-hybridized carbons (Fsp3) is 0.0667. The second kappa shape index (κ2) is 5.81. The second-order valence-corrected chi connectivity index (χ2v) is 4.12. The minimum Gasteiger partial charge on any atom is -0.379 e. The summed E-state index contributed by atoms with van der Waals surface area (Å²) in [5.41, 5.74) is 1.18. The molecule has 2 aromatic rings. The maximum absolute atomic E-state index is 13.6. The van der Waals surface area contributed by atoms with Gasteiger partial charge in [-0.1, -0.05) is 0 Å². The van der Waals surface area contributed by atoms with Crippen LogP contribution < -0.4 is 5.32 Å². The van der Waals surface area contributed by atoms with E-state index in [1.54, 1.807) is 0 Å². The van der Waals surface area contributed by atoms with Crippen LogP contribution in [0.3, 0.4) is 0 Å². The summed E-state index contributed by atoms with van der Waals surface area (Å²) in [6.07, 6.45) is 0. The lowest BCUT2D eigenvalue weighted by Crippen LogP contribution is -2.02. The van der Waals surface area contributed by atoms with E-state index in [1.807, 2.05) is 12.1 Å². The van der Waals surface area contributed by atoms with E-state index < -0.39 is 11.6 Å². The summed E-state index contributed by atoms with van der Waals surface area (Å²) in [6.45, 7) is 0.176. The smallest absolute Gasteiger partial charge is 0.147 e. The summed E-state index contributed by atoms with van der Waals surface area (Å²) >= 11 is 0. The van der Waals surface area contributed by atoms with E-state index in [1.165, 1.54) is 24.3 Å². The van der Waals surface area contributed by atoms with Crippen molar-refractivity contribution < 1.29 is 8.78 Å². The van der Waals surface area contributed by atoms with Crippen molar-refractivity contribution in [3.05, 3.63) is 64.7 Å². The molecule has 0 aliphatic heterocycles. The molecule has 2 aromatic carbocycles. The topological polar surface area (TPSA) is 59.6 Å². The Balaban J connectivity index is 2.15. The van der Waals surface area contributed by atoms with E-state index in [0.717, 1.165) is 12.1 Å². The quantitative estimate of drug-likeness (QED) is 0.929. The monoisotopic (exact) mass is 269 g/mol. The molecule has 0 saturated heterocycles. The average Bonchev–Trinajstić information content (AvgIpc) is 2.45. The molecule has 1 N–H and O–H groups in total. The highest BCUT2D eigenvalue weighted by Gasteiger charge is 2.05. The summed E-state index contributed by atoms with van der Waals surface area (Å²) in [5, 5.41) is 20.2. The summed E-state index contributed by atoms with van der Waals surface area (Å²) in [6, 6.07) is 11.7. The molecule has 0 unspecified atom stereocenters. The maximum atomic E-state index is 13.6. The summed E-state index contributed by atoms with van der Waals surface area (Å²) < 4.78 is 26.9. The number of halogens is 2. The Labute approximate surface area is 114 Å². The first-order chi connectivity index (χ1) is 9.62. The molecule has 0 fully saturated rings. The van der Waals surface area contributed by atoms with Crippen LogP contribution in [0.5, 0.6) is 0 Å². The van der Waals surface area contributed by atoms with E-state index >= 15 is 0 Å².